The van der Waals surface area contributed by atoms with Gasteiger partial charge in [0.2, 0.25) is 0 Å². The Bertz CT molecular complexity index is 2740. The first-order valence-corrected chi connectivity index (χ1v) is 19.6. The average molecular weight is 925 g/mol. The molecule has 1 aliphatic rings. The zero-order valence-corrected chi connectivity index (χ0v) is 35.9. The van der Waals surface area contributed by atoms with Crippen molar-refractivity contribution < 1.29 is 21.1 Å². The van der Waals surface area contributed by atoms with Crippen LogP contribution in [0.4, 0.5) is 34.1 Å². The van der Waals surface area contributed by atoms with Crippen LogP contribution in [0.5, 0.6) is 0 Å². The molecule has 0 saturated heterocycles. The summed E-state index contributed by atoms with van der Waals surface area (Å²) in [6, 6.07) is 55.7. The van der Waals surface area contributed by atoms with Gasteiger partial charge in [0.25, 0.3) is 0 Å². The summed E-state index contributed by atoms with van der Waals surface area (Å²) >= 11 is 0. The van der Waals surface area contributed by atoms with E-state index in [1.165, 1.54) is 39.0 Å². The predicted octanol–water partition coefficient (Wildman–Crippen LogP) is 13.4. The SMILES string of the molecule is Cc1cccc(C)c1N(c1[c-]c(N2CN(C(C)(C)C)c3ccccc32)ccc1)c1[c-]c2c(cc1)c1ccccc1n2-c1cc(-c2ccccc2C(C)C)ccn1.[Pt+2]. The molecule has 5 nitrogen and oxygen atoms in total. The third-order valence-corrected chi connectivity index (χ3v) is 11.2. The molecular formula is C51H47N5Pt. The Kier molecular flexibility index (Phi) is 10.1. The van der Waals surface area contributed by atoms with Crippen molar-refractivity contribution in [1.29, 1.82) is 0 Å². The zero-order chi connectivity index (χ0) is 38.7. The van der Waals surface area contributed by atoms with Gasteiger partial charge < -0.3 is 19.3 Å². The first kappa shape index (κ1) is 38.2. The van der Waals surface area contributed by atoms with Crippen molar-refractivity contribution in [3.05, 3.63) is 168 Å². The van der Waals surface area contributed by atoms with E-state index >= 15 is 0 Å². The number of anilines is 6. The summed E-state index contributed by atoms with van der Waals surface area (Å²) in [5, 5.41) is 2.30. The Morgan fingerprint density at radius 1 is 0.684 bits per heavy atom. The van der Waals surface area contributed by atoms with Gasteiger partial charge in [-0.2, -0.15) is 12.1 Å². The minimum absolute atomic E-state index is 0. The van der Waals surface area contributed by atoms with Crippen LogP contribution in [-0.4, -0.2) is 21.8 Å². The molecule has 8 aromatic rings. The van der Waals surface area contributed by atoms with Crippen LogP contribution in [0.2, 0.25) is 0 Å². The van der Waals surface area contributed by atoms with Crippen molar-refractivity contribution in [3.63, 3.8) is 0 Å². The average Bonchev–Trinajstić information content (AvgIpc) is 3.76. The number of benzene rings is 6. The van der Waals surface area contributed by atoms with Gasteiger partial charge in [-0.05, 0) is 104 Å². The van der Waals surface area contributed by atoms with Crippen LogP contribution in [0.15, 0.2) is 140 Å². The van der Waals surface area contributed by atoms with Crippen molar-refractivity contribution in [3.8, 4) is 16.9 Å². The molecule has 9 rings (SSSR count). The van der Waals surface area contributed by atoms with E-state index in [0.717, 1.165) is 57.2 Å². The summed E-state index contributed by atoms with van der Waals surface area (Å²) in [4.78, 5) is 12.2. The van der Waals surface area contributed by atoms with Gasteiger partial charge in [-0.25, -0.2) is 4.98 Å². The molecule has 286 valence electrons. The summed E-state index contributed by atoms with van der Waals surface area (Å²) in [5.74, 6) is 1.26. The minimum Gasteiger partial charge on any atom is -0.358 e. The minimum atomic E-state index is -0.0399. The van der Waals surface area contributed by atoms with Crippen LogP contribution in [0, 0.1) is 26.0 Å². The van der Waals surface area contributed by atoms with Crippen molar-refractivity contribution in [2.24, 2.45) is 0 Å². The molecule has 1 aliphatic heterocycles. The molecular weight excluding hydrogens is 878 g/mol. The molecule has 0 amide bonds. The summed E-state index contributed by atoms with van der Waals surface area (Å²) in [6.45, 7) is 16.5. The van der Waals surface area contributed by atoms with Gasteiger partial charge in [0.1, 0.15) is 5.82 Å². The Morgan fingerprint density at radius 3 is 2.14 bits per heavy atom. The quantitative estimate of drug-likeness (QED) is 0.149. The monoisotopic (exact) mass is 924 g/mol. The van der Waals surface area contributed by atoms with Crippen molar-refractivity contribution >= 4 is 55.9 Å². The molecule has 0 radical (unpaired) electrons. The van der Waals surface area contributed by atoms with Crippen LogP contribution in [0.3, 0.4) is 0 Å². The van der Waals surface area contributed by atoms with Crippen molar-refractivity contribution in [1.82, 2.24) is 9.55 Å². The molecule has 0 fully saturated rings. The molecule has 0 N–H and O–H groups in total. The largest absolute Gasteiger partial charge is 2.00 e. The second-order valence-corrected chi connectivity index (χ2v) is 16.3. The van der Waals surface area contributed by atoms with Gasteiger partial charge >= 0.3 is 21.1 Å². The van der Waals surface area contributed by atoms with Crippen LogP contribution in [-0.2, 0) is 21.1 Å². The number of hydrogen-bond acceptors (Lipinski definition) is 4. The third-order valence-electron chi connectivity index (χ3n) is 11.2. The second kappa shape index (κ2) is 15.0. The maximum absolute atomic E-state index is 5.01. The first-order valence-electron chi connectivity index (χ1n) is 19.6. The number of aromatic nitrogens is 2. The van der Waals surface area contributed by atoms with E-state index in [2.05, 4.69) is 213 Å². The standard InChI is InChI=1S/C51H47N5.Pt/c1-34(2)41-20-8-9-21-42(41)37-28-29-52-49(30-37)56-45-23-11-10-22-43(45)44-27-26-40(32-48(44)56)55(50-35(3)16-14-17-36(50)4)39-19-15-18-38(31-39)53-33-54(51(5,6)7)47-25-13-12-24-46(47)53;/h8-30,34H,33H2,1-7H3;/q-2;+2. The molecule has 0 bridgehead atoms. The molecule has 0 spiro atoms. The number of para-hydroxylation sites is 4. The fraction of sp³-hybridized carbons (Fsp3) is 0.196. The molecule has 2 aromatic heterocycles. The van der Waals surface area contributed by atoms with E-state index < -0.39 is 0 Å². The van der Waals surface area contributed by atoms with Crippen LogP contribution < -0.4 is 14.7 Å². The number of rotatable bonds is 7. The Labute approximate surface area is 351 Å². The molecule has 0 unspecified atom stereocenters. The molecule has 6 heteroatoms. The second-order valence-electron chi connectivity index (χ2n) is 16.3. The van der Waals surface area contributed by atoms with Gasteiger partial charge in [-0.15, -0.1) is 35.7 Å². The first-order chi connectivity index (χ1) is 27.1. The van der Waals surface area contributed by atoms with E-state index in [4.69, 9.17) is 4.98 Å². The topological polar surface area (TPSA) is 27.5 Å². The molecule has 0 atom stereocenters. The number of pyridine rings is 1. The predicted molar refractivity (Wildman–Crippen MR) is 236 cm³/mol. The number of hydrogen-bond donors (Lipinski definition) is 0. The molecule has 57 heavy (non-hydrogen) atoms. The molecule has 6 aromatic carbocycles. The maximum atomic E-state index is 5.01. The van der Waals surface area contributed by atoms with Crippen LogP contribution in [0.1, 0.15) is 57.2 Å². The van der Waals surface area contributed by atoms with Gasteiger partial charge in [-0.3, -0.25) is 0 Å². The van der Waals surface area contributed by atoms with E-state index in [0.29, 0.717) is 5.92 Å². The molecule has 0 aliphatic carbocycles. The maximum Gasteiger partial charge on any atom is 2.00 e. The molecule has 3 heterocycles. The normalized spacial score (nSPS) is 12.7. The summed E-state index contributed by atoms with van der Waals surface area (Å²) < 4.78 is 2.28. The number of fused-ring (bicyclic) bond motifs is 4. The number of aryl methyl sites for hydroxylation is 2. The zero-order valence-electron chi connectivity index (χ0n) is 33.6. The van der Waals surface area contributed by atoms with Crippen molar-refractivity contribution in [2.75, 3.05) is 21.4 Å². The van der Waals surface area contributed by atoms with Gasteiger partial charge in [0.05, 0.1) is 18.0 Å². The van der Waals surface area contributed by atoms with Crippen LogP contribution >= 0.6 is 0 Å². The summed E-state index contributed by atoms with van der Waals surface area (Å²) in [6.07, 6.45) is 1.94. The van der Waals surface area contributed by atoms with Gasteiger partial charge in [-0.1, -0.05) is 109 Å². The van der Waals surface area contributed by atoms with E-state index in [1.54, 1.807) is 0 Å². The molecule has 0 saturated carbocycles. The summed E-state index contributed by atoms with van der Waals surface area (Å²) in [7, 11) is 0. The fourth-order valence-electron chi connectivity index (χ4n) is 8.48. The smallest absolute Gasteiger partial charge is 0.358 e. The van der Waals surface area contributed by atoms with Crippen molar-refractivity contribution in [2.45, 2.75) is 59.9 Å². The van der Waals surface area contributed by atoms with E-state index in [1.807, 2.05) is 6.20 Å². The van der Waals surface area contributed by atoms with Crippen LogP contribution in [0.25, 0.3) is 38.8 Å². The van der Waals surface area contributed by atoms with Gasteiger partial charge in [0, 0.05) is 22.9 Å². The number of nitrogens with zero attached hydrogens (tertiary/aromatic N) is 5. The Balaban J connectivity index is 0.00000455. The fourth-order valence-corrected chi connectivity index (χ4v) is 8.48. The van der Waals surface area contributed by atoms with E-state index in [-0.39, 0.29) is 26.6 Å². The van der Waals surface area contributed by atoms with Gasteiger partial charge in [0.15, 0.2) is 0 Å². The Morgan fingerprint density at radius 2 is 1.37 bits per heavy atom. The Hall–Kier alpha value is -5.64. The summed E-state index contributed by atoms with van der Waals surface area (Å²) in [5.41, 5.74) is 14.6. The third kappa shape index (κ3) is 6.72. The van der Waals surface area contributed by atoms with E-state index in [9.17, 15) is 0 Å².